The molecule has 2 aliphatic rings. The van der Waals surface area contributed by atoms with Gasteiger partial charge in [-0.3, -0.25) is 9.69 Å². The van der Waals surface area contributed by atoms with E-state index >= 15 is 0 Å². The van der Waals surface area contributed by atoms with Crippen LogP contribution in [0.5, 0.6) is 0 Å². The second-order valence-electron chi connectivity index (χ2n) is 5.46. The van der Waals surface area contributed by atoms with E-state index in [1.807, 2.05) is 35.2 Å². The predicted octanol–water partition coefficient (Wildman–Crippen LogP) is 1.52. The fourth-order valence-corrected chi connectivity index (χ4v) is 5.22. The number of amides is 1. The molecule has 1 aromatic carbocycles. The average molecular weight is 326 g/mol. The summed E-state index contributed by atoms with van der Waals surface area (Å²) in [7, 11) is -3.15. The van der Waals surface area contributed by atoms with Crippen LogP contribution in [0.2, 0.25) is 0 Å². The number of nitrogens with zero attached hydrogens (tertiary/aromatic N) is 2. The summed E-state index contributed by atoms with van der Waals surface area (Å²) in [6, 6.07) is 9.65. The zero-order valence-electron chi connectivity index (χ0n) is 11.9. The van der Waals surface area contributed by atoms with E-state index in [2.05, 4.69) is 0 Å². The molecule has 0 aliphatic carbocycles. The van der Waals surface area contributed by atoms with Gasteiger partial charge in [0.1, 0.15) is 0 Å². The van der Waals surface area contributed by atoms with Crippen molar-refractivity contribution in [3.05, 3.63) is 30.3 Å². The van der Waals surface area contributed by atoms with Crippen LogP contribution in [-0.2, 0) is 14.8 Å². The molecule has 21 heavy (non-hydrogen) atoms. The molecule has 0 radical (unpaired) electrons. The number of hydrogen-bond donors (Lipinski definition) is 0. The van der Waals surface area contributed by atoms with Gasteiger partial charge in [-0.1, -0.05) is 18.2 Å². The number of carbonyl (C=O) groups is 1. The highest BCUT2D eigenvalue weighted by molar-refractivity contribution is 8.02. The second kappa shape index (κ2) is 5.30. The number of piperidine rings is 1. The molecule has 0 N–H and O–H groups in total. The van der Waals surface area contributed by atoms with Crippen molar-refractivity contribution >= 4 is 33.4 Å². The third-order valence-corrected chi connectivity index (χ3v) is 6.93. The molecule has 1 amide bonds. The average Bonchev–Trinajstić information content (AvgIpc) is 2.76. The Morgan fingerprint density at radius 1 is 1.14 bits per heavy atom. The maximum absolute atomic E-state index is 12.3. The Balaban J connectivity index is 1.86. The van der Waals surface area contributed by atoms with Gasteiger partial charge in [-0.15, -0.1) is 11.8 Å². The monoisotopic (exact) mass is 326 g/mol. The smallest absolute Gasteiger partial charge is 0.238 e. The molecule has 7 heteroatoms. The van der Waals surface area contributed by atoms with Gasteiger partial charge in [0.15, 0.2) is 0 Å². The lowest BCUT2D eigenvalue weighted by Gasteiger charge is -2.43. The number of anilines is 1. The topological polar surface area (TPSA) is 57.7 Å². The number of hydrogen-bond acceptors (Lipinski definition) is 4. The zero-order valence-corrected chi connectivity index (χ0v) is 13.5. The number of rotatable bonds is 2. The van der Waals surface area contributed by atoms with Crippen LogP contribution in [0.1, 0.15) is 12.8 Å². The van der Waals surface area contributed by atoms with Crippen LogP contribution in [0.15, 0.2) is 30.3 Å². The van der Waals surface area contributed by atoms with E-state index in [9.17, 15) is 13.2 Å². The van der Waals surface area contributed by atoms with E-state index in [0.29, 0.717) is 31.7 Å². The normalized spacial score (nSPS) is 22.9. The van der Waals surface area contributed by atoms with Gasteiger partial charge < -0.3 is 0 Å². The molecule has 0 saturated carbocycles. The number of benzene rings is 1. The Hall–Kier alpha value is -1.05. The minimum Gasteiger partial charge on any atom is -0.296 e. The molecule has 2 aliphatic heterocycles. The van der Waals surface area contributed by atoms with E-state index in [4.69, 9.17) is 0 Å². The Labute approximate surface area is 129 Å². The molecule has 1 spiro atoms. The largest absolute Gasteiger partial charge is 0.296 e. The maximum atomic E-state index is 12.3. The van der Waals surface area contributed by atoms with Crippen molar-refractivity contribution in [2.45, 2.75) is 17.7 Å². The Bertz CT molecular complexity index is 637. The standard InChI is InChI=1S/C14H18N2O3S2/c1-21(18,19)15-9-7-14(8-10-15)16(13(17)11-20-14)12-5-3-2-4-6-12/h2-6H,7-11H2,1H3. The predicted molar refractivity (Wildman–Crippen MR) is 84.8 cm³/mol. The summed E-state index contributed by atoms with van der Waals surface area (Å²) in [6.45, 7) is 0.949. The van der Waals surface area contributed by atoms with Gasteiger partial charge in [0, 0.05) is 18.8 Å². The van der Waals surface area contributed by atoms with Gasteiger partial charge in [-0.25, -0.2) is 12.7 Å². The highest BCUT2D eigenvalue weighted by Crippen LogP contribution is 2.46. The lowest BCUT2D eigenvalue weighted by atomic mass is 10.0. The highest BCUT2D eigenvalue weighted by Gasteiger charge is 2.49. The summed E-state index contributed by atoms with van der Waals surface area (Å²) < 4.78 is 24.8. The van der Waals surface area contributed by atoms with Gasteiger partial charge in [-0.2, -0.15) is 0 Å². The van der Waals surface area contributed by atoms with Crippen LogP contribution in [0.25, 0.3) is 0 Å². The third-order valence-electron chi connectivity index (χ3n) is 4.11. The van der Waals surface area contributed by atoms with Crippen LogP contribution in [0.4, 0.5) is 5.69 Å². The summed E-state index contributed by atoms with van der Waals surface area (Å²) in [5.41, 5.74) is 0.903. The number of thioether (sulfide) groups is 1. The Morgan fingerprint density at radius 3 is 2.33 bits per heavy atom. The third kappa shape index (κ3) is 2.69. The lowest BCUT2D eigenvalue weighted by molar-refractivity contribution is -0.116. The van der Waals surface area contributed by atoms with Crippen LogP contribution < -0.4 is 4.90 Å². The van der Waals surface area contributed by atoms with E-state index in [1.54, 1.807) is 11.8 Å². The second-order valence-corrected chi connectivity index (χ2v) is 8.78. The van der Waals surface area contributed by atoms with E-state index in [0.717, 1.165) is 5.69 Å². The number of para-hydroxylation sites is 1. The Kier molecular flexibility index (Phi) is 3.75. The van der Waals surface area contributed by atoms with Crippen molar-refractivity contribution in [2.24, 2.45) is 0 Å². The molecule has 1 aromatic rings. The lowest BCUT2D eigenvalue weighted by Crippen LogP contribution is -2.53. The molecule has 114 valence electrons. The number of sulfonamides is 1. The fourth-order valence-electron chi connectivity index (χ4n) is 3.04. The van der Waals surface area contributed by atoms with Crippen molar-refractivity contribution in [1.29, 1.82) is 0 Å². The van der Waals surface area contributed by atoms with Gasteiger partial charge in [0.25, 0.3) is 0 Å². The molecular formula is C14H18N2O3S2. The Morgan fingerprint density at radius 2 is 1.76 bits per heavy atom. The number of carbonyl (C=O) groups excluding carboxylic acids is 1. The fraction of sp³-hybridized carbons (Fsp3) is 0.500. The van der Waals surface area contributed by atoms with E-state index < -0.39 is 10.0 Å². The maximum Gasteiger partial charge on any atom is 0.238 e. The quantitative estimate of drug-likeness (QED) is 0.827. The van der Waals surface area contributed by atoms with Crippen molar-refractivity contribution in [2.75, 3.05) is 30.0 Å². The van der Waals surface area contributed by atoms with Gasteiger partial charge in [-0.05, 0) is 25.0 Å². The molecule has 3 rings (SSSR count). The molecule has 0 aromatic heterocycles. The van der Waals surface area contributed by atoms with E-state index in [1.165, 1.54) is 10.6 Å². The molecule has 2 fully saturated rings. The van der Waals surface area contributed by atoms with Crippen LogP contribution in [-0.4, -0.2) is 48.6 Å². The van der Waals surface area contributed by atoms with Crippen molar-refractivity contribution in [1.82, 2.24) is 4.31 Å². The SMILES string of the molecule is CS(=O)(=O)N1CCC2(CC1)SCC(=O)N2c1ccccc1. The summed E-state index contributed by atoms with van der Waals surface area (Å²) in [5, 5.41) is 0. The molecule has 0 bridgehead atoms. The van der Waals surface area contributed by atoms with Crippen LogP contribution >= 0.6 is 11.8 Å². The van der Waals surface area contributed by atoms with Gasteiger partial charge >= 0.3 is 0 Å². The van der Waals surface area contributed by atoms with E-state index in [-0.39, 0.29) is 10.8 Å². The molecule has 2 heterocycles. The van der Waals surface area contributed by atoms with Gasteiger partial charge in [0.2, 0.25) is 15.9 Å². The summed E-state index contributed by atoms with van der Waals surface area (Å²) in [6.07, 6.45) is 2.59. The first-order chi connectivity index (χ1) is 9.92. The van der Waals surface area contributed by atoms with Gasteiger partial charge in [0.05, 0.1) is 16.9 Å². The first kappa shape index (κ1) is 14.9. The highest BCUT2D eigenvalue weighted by atomic mass is 32.2. The molecule has 0 atom stereocenters. The van der Waals surface area contributed by atoms with Crippen LogP contribution in [0, 0.1) is 0 Å². The minimum absolute atomic E-state index is 0.110. The van der Waals surface area contributed by atoms with Crippen molar-refractivity contribution in [3.8, 4) is 0 Å². The molecular weight excluding hydrogens is 308 g/mol. The zero-order chi connectivity index (χ0) is 15.1. The molecule has 5 nitrogen and oxygen atoms in total. The van der Waals surface area contributed by atoms with Crippen LogP contribution in [0.3, 0.4) is 0 Å². The summed E-state index contributed by atoms with van der Waals surface area (Å²) in [4.78, 5) is 13.9. The molecule has 2 saturated heterocycles. The summed E-state index contributed by atoms with van der Waals surface area (Å²) >= 11 is 1.64. The van der Waals surface area contributed by atoms with Crippen molar-refractivity contribution in [3.63, 3.8) is 0 Å². The molecule has 0 unspecified atom stereocenters. The first-order valence-corrected chi connectivity index (χ1v) is 9.73. The minimum atomic E-state index is -3.15. The summed E-state index contributed by atoms with van der Waals surface area (Å²) in [5.74, 6) is 0.576. The first-order valence-electron chi connectivity index (χ1n) is 6.90. The van der Waals surface area contributed by atoms with Crippen molar-refractivity contribution < 1.29 is 13.2 Å².